The van der Waals surface area contributed by atoms with E-state index >= 15 is 0 Å². The summed E-state index contributed by atoms with van der Waals surface area (Å²) in [4.78, 5) is 0.998. The molecule has 0 radical (unpaired) electrons. The first-order valence-electron chi connectivity index (χ1n) is 5.60. The molecule has 0 bridgehead atoms. The molecule has 0 aliphatic carbocycles. The van der Waals surface area contributed by atoms with Crippen molar-refractivity contribution in [3.8, 4) is 5.75 Å². The average Bonchev–Trinajstić information content (AvgIpc) is 2.04. The van der Waals surface area contributed by atoms with Gasteiger partial charge in [0.2, 0.25) is 0 Å². The van der Waals surface area contributed by atoms with Crippen LogP contribution in [0, 0.1) is 0 Å². The quantitative estimate of drug-likeness (QED) is 0.647. The summed E-state index contributed by atoms with van der Waals surface area (Å²) in [6.07, 6.45) is 0. The zero-order valence-electron chi connectivity index (χ0n) is 11.0. The van der Waals surface area contributed by atoms with E-state index < -0.39 is 0 Å². The molecule has 90 valence electrons. The molecule has 0 aromatic heterocycles. The van der Waals surface area contributed by atoms with Gasteiger partial charge in [-0.1, -0.05) is 41.5 Å². The van der Waals surface area contributed by atoms with Crippen LogP contribution in [0.3, 0.4) is 0 Å². The minimum absolute atomic E-state index is 0.00414. The van der Waals surface area contributed by atoms with Gasteiger partial charge in [-0.15, -0.1) is 12.6 Å². The van der Waals surface area contributed by atoms with Gasteiger partial charge in [0.25, 0.3) is 0 Å². The second-order valence-corrected chi connectivity index (χ2v) is 6.84. The molecule has 0 heterocycles. The predicted octanol–water partition coefficient (Wildman–Crippen LogP) is 4.28. The molecule has 0 aliphatic rings. The Labute approximate surface area is 104 Å². The van der Waals surface area contributed by atoms with Gasteiger partial charge in [-0.05, 0) is 34.1 Å². The minimum atomic E-state index is -0.00414. The van der Waals surface area contributed by atoms with Crippen LogP contribution in [0.25, 0.3) is 0 Å². The highest BCUT2D eigenvalue weighted by atomic mass is 32.1. The van der Waals surface area contributed by atoms with Crippen LogP contribution >= 0.6 is 12.6 Å². The number of phenolic OH excluding ortho intramolecular Hbond substituents is 1. The van der Waals surface area contributed by atoms with Gasteiger partial charge in [-0.25, -0.2) is 0 Å². The fourth-order valence-corrected chi connectivity index (χ4v) is 2.56. The first-order chi connectivity index (χ1) is 7.03. The number of aromatic hydroxyl groups is 1. The molecule has 0 saturated heterocycles. The van der Waals surface area contributed by atoms with E-state index in [0.717, 1.165) is 16.0 Å². The third-order valence-electron chi connectivity index (χ3n) is 2.71. The normalized spacial score (nSPS) is 12.9. The smallest absolute Gasteiger partial charge is 0.116 e. The van der Waals surface area contributed by atoms with Gasteiger partial charge >= 0.3 is 0 Å². The SMILES string of the molecule is CC(C)(C)c1cc(O)cc(C(C)(C)C)c1S. The van der Waals surface area contributed by atoms with Gasteiger partial charge in [0.05, 0.1) is 0 Å². The molecule has 1 aromatic rings. The van der Waals surface area contributed by atoms with Crippen LogP contribution in [0.1, 0.15) is 52.7 Å². The fourth-order valence-electron chi connectivity index (χ4n) is 1.76. The van der Waals surface area contributed by atoms with Crippen molar-refractivity contribution in [2.45, 2.75) is 57.3 Å². The zero-order chi connectivity index (χ0) is 12.7. The first-order valence-corrected chi connectivity index (χ1v) is 6.05. The molecule has 0 saturated carbocycles. The number of phenols is 1. The van der Waals surface area contributed by atoms with Crippen LogP contribution in [-0.4, -0.2) is 5.11 Å². The highest BCUT2D eigenvalue weighted by molar-refractivity contribution is 7.80. The van der Waals surface area contributed by atoms with E-state index in [1.54, 1.807) is 0 Å². The molecule has 2 heteroatoms. The third-order valence-corrected chi connectivity index (χ3v) is 3.19. The molecular formula is C14H22OS. The molecule has 1 nitrogen and oxygen atoms in total. The van der Waals surface area contributed by atoms with E-state index in [-0.39, 0.29) is 10.8 Å². The summed E-state index contributed by atoms with van der Waals surface area (Å²) >= 11 is 4.63. The topological polar surface area (TPSA) is 20.2 Å². The largest absolute Gasteiger partial charge is 0.508 e. The van der Waals surface area contributed by atoms with Crippen molar-refractivity contribution in [2.24, 2.45) is 0 Å². The standard InChI is InChI=1S/C14H22OS/c1-13(2,3)10-7-9(15)8-11(12(10)16)14(4,5)6/h7-8,15-16H,1-6H3. The molecule has 0 unspecified atom stereocenters. The molecule has 0 fully saturated rings. The molecule has 0 aliphatic heterocycles. The predicted molar refractivity (Wildman–Crippen MR) is 72.8 cm³/mol. The van der Waals surface area contributed by atoms with Crippen LogP contribution in [0.5, 0.6) is 5.75 Å². The zero-order valence-corrected chi connectivity index (χ0v) is 11.9. The van der Waals surface area contributed by atoms with E-state index in [9.17, 15) is 5.11 Å². The minimum Gasteiger partial charge on any atom is -0.508 e. The number of rotatable bonds is 0. The van der Waals surface area contributed by atoms with E-state index in [2.05, 4.69) is 54.2 Å². The van der Waals surface area contributed by atoms with Gasteiger partial charge in [0, 0.05) is 4.90 Å². The Morgan fingerprint density at radius 2 is 1.19 bits per heavy atom. The van der Waals surface area contributed by atoms with Crippen molar-refractivity contribution in [2.75, 3.05) is 0 Å². The van der Waals surface area contributed by atoms with E-state index in [1.807, 2.05) is 12.1 Å². The molecule has 0 spiro atoms. The second-order valence-electron chi connectivity index (χ2n) is 6.39. The number of thiol groups is 1. The third kappa shape index (κ3) is 2.73. The molecule has 1 aromatic carbocycles. The van der Waals surface area contributed by atoms with Gasteiger partial charge in [-0.3, -0.25) is 0 Å². The van der Waals surface area contributed by atoms with E-state index in [4.69, 9.17) is 0 Å². The molecule has 16 heavy (non-hydrogen) atoms. The van der Waals surface area contributed by atoms with Gasteiger partial charge in [0.1, 0.15) is 5.75 Å². The summed E-state index contributed by atoms with van der Waals surface area (Å²) in [7, 11) is 0. The highest BCUT2D eigenvalue weighted by Gasteiger charge is 2.24. The van der Waals surface area contributed by atoms with Crippen LogP contribution in [0.2, 0.25) is 0 Å². The Morgan fingerprint density at radius 3 is 1.44 bits per heavy atom. The maximum Gasteiger partial charge on any atom is 0.116 e. The first kappa shape index (κ1) is 13.4. The molecule has 1 rings (SSSR count). The maximum absolute atomic E-state index is 9.81. The van der Waals surface area contributed by atoms with E-state index in [0.29, 0.717) is 5.75 Å². The van der Waals surface area contributed by atoms with Gasteiger partial charge in [0.15, 0.2) is 0 Å². The monoisotopic (exact) mass is 238 g/mol. The Balaban J connectivity index is 3.51. The van der Waals surface area contributed by atoms with Crippen molar-refractivity contribution < 1.29 is 5.11 Å². The summed E-state index contributed by atoms with van der Waals surface area (Å²) in [5.74, 6) is 0.327. The lowest BCUT2D eigenvalue weighted by Crippen LogP contribution is -2.18. The second kappa shape index (κ2) is 3.99. The molecule has 0 atom stereocenters. The molecule has 0 amide bonds. The fraction of sp³-hybridized carbons (Fsp3) is 0.571. The summed E-state index contributed by atoms with van der Waals surface area (Å²) < 4.78 is 0. The Morgan fingerprint density at radius 1 is 0.875 bits per heavy atom. The van der Waals surface area contributed by atoms with Crippen LogP contribution in [0.15, 0.2) is 17.0 Å². The van der Waals surface area contributed by atoms with Gasteiger partial charge < -0.3 is 5.11 Å². The van der Waals surface area contributed by atoms with Gasteiger partial charge in [-0.2, -0.15) is 0 Å². The summed E-state index contributed by atoms with van der Waals surface area (Å²) in [5, 5.41) is 9.81. The highest BCUT2D eigenvalue weighted by Crippen LogP contribution is 2.38. The lowest BCUT2D eigenvalue weighted by molar-refractivity contribution is 0.462. The van der Waals surface area contributed by atoms with Crippen LogP contribution in [0.4, 0.5) is 0 Å². The van der Waals surface area contributed by atoms with Crippen molar-refractivity contribution >= 4 is 12.6 Å². The van der Waals surface area contributed by atoms with Crippen molar-refractivity contribution in [1.82, 2.24) is 0 Å². The van der Waals surface area contributed by atoms with Crippen LogP contribution in [-0.2, 0) is 10.8 Å². The van der Waals surface area contributed by atoms with Crippen molar-refractivity contribution in [3.63, 3.8) is 0 Å². The Bertz CT molecular complexity index is 359. The van der Waals surface area contributed by atoms with Crippen LogP contribution < -0.4 is 0 Å². The summed E-state index contributed by atoms with van der Waals surface area (Å²) in [6.45, 7) is 12.8. The number of benzene rings is 1. The molecular weight excluding hydrogens is 216 g/mol. The average molecular weight is 238 g/mol. The Kier molecular flexibility index (Phi) is 3.35. The van der Waals surface area contributed by atoms with Crippen molar-refractivity contribution in [1.29, 1.82) is 0 Å². The lowest BCUT2D eigenvalue weighted by atomic mass is 9.80. The number of hydrogen-bond acceptors (Lipinski definition) is 2. The summed E-state index contributed by atoms with van der Waals surface area (Å²) in [6, 6.07) is 3.63. The molecule has 1 N–H and O–H groups in total. The Hall–Kier alpha value is -0.630. The summed E-state index contributed by atoms with van der Waals surface area (Å²) in [5.41, 5.74) is 2.19. The maximum atomic E-state index is 9.81. The number of hydrogen-bond donors (Lipinski definition) is 2. The lowest BCUT2D eigenvalue weighted by Gasteiger charge is -2.28. The van der Waals surface area contributed by atoms with E-state index in [1.165, 1.54) is 0 Å². The van der Waals surface area contributed by atoms with Crippen molar-refractivity contribution in [3.05, 3.63) is 23.3 Å².